The van der Waals surface area contributed by atoms with Gasteiger partial charge in [-0.15, -0.1) is 0 Å². The normalized spacial score (nSPS) is 11.7. The van der Waals surface area contributed by atoms with Crippen molar-refractivity contribution in [3.05, 3.63) is 48.0 Å². The second-order valence-corrected chi connectivity index (χ2v) is 5.46. The van der Waals surface area contributed by atoms with Crippen molar-refractivity contribution in [3.63, 3.8) is 0 Å². The van der Waals surface area contributed by atoms with Gasteiger partial charge in [-0.1, -0.05) is 12.1 Å². The van der Waals surface area contributed by atoms with Crippen molar-refractivity contribution in [2.24, 2.45) is 0 Å². The Morgan fingerprint density at radius 2 is 1.80 bits per heavy atom. The summed E-state index contributed by atoms with van der Waals surface area (Å²) in [6, 6.07) is 12.7. The molecule has 0 saturated heterocycles. The number of aliphatic hydroxyl groups is 1. The van der Waals surface area contributed by atoms with E-state index in [1.165, 1.54) is 7.11 Å². The summed E-state index contributed by atoms with van der Waals surface area (Å²) in [7, 11) is 4.71. The van der Waals surface area contributed by atoms with Gasteiger partial charge in [0, 0.05) is 24.8 Å². The molecular formula is C19H23NO5. The fraction of sp³-hybridized carbons (Fsp3) is 0.316. The minimum Gasteiger partial charge on any atom is -0.497 e. The van der Waals surface area contributed by atoms with E-state index in [0.29, 0.717) is 5.56 Å². The number of aliphatic hydroxyl groups excluding tert-OH is 1. The Morgan fingerprint density at radius 3 is 2.40 bits per heavy atom. The van der Waals surface area contributed by atoms with Crippen molar-refractivity contribution in [2.45, 2.75) is 6.10 Å². The van der Waals surface area contributed by atoms with Gasteiger partial charge < -0.3 is 24.6 Å². The molecule has 0 spiro atoms. The van der Waals surface area contributed by atoms with Gasteiger partial charge in [-0.25, -0.2) is 0 Å². The highest BCUT2D eigenvalue weighted by atomic mass is 16.5. The molecule has 2 rings (SSSR count). The Hall–Kier alpha value is -2.57. The second kappa shape index (κ2) is 9.05. The van der Waals surface area contributed by atoms with Gasteiger partial charge in [-0.05, 0) is 35.9 Å². The maximum Gasteiger partial charge on any atom is 0.251 e. The van der Waals surface area contributed by atoms with E-state index in [4.69, 9.17) is 14.2 Å². The summed E-state index contributed by atoms with van der Waals surface area (Å²) in [5, 5.41) is 12.2. The van der Waals surface area contributed by atoms with Gasteiger partial charge >= 0.3 is 0 Å². The zero-order chi connectivity index (χ0) is 18.2. The lowest BCUT2D eigenvalue weighted by atomic mass is 10.0. The van der Waals surface area contributed by atoms with Crippen LogP contribution in [0, 0.1) is 0 Å². The lowest BCUT2D eigenvalue weighted by Gasteiger charge is -2.12. The Bertz CT molecular complexity index is 699. The molecule has 0 aliphatic rings. The lowest BCUT2D eigenvalue weighted by Crippen LogP contribution is -2.34. The average molecular weight is 345 g/mol. The van der Waals surface area contributed by atoms with Gasteiger partial charge in [0.15, 0.2) is 0 Å². The Morgan fingerprint density at radius 1 is 1.08 bits per heavy atom. The summed E-state index contributed by atoms with van der Waals surface area (Å²) >= 11 is 0. The fourth-order valence-corrected chi connectivity index (χ4v) is 2.40. The van der Waals surface area contributed by atoms with Crippen molar-refractivity contribution in [1.29, 1.82) is 0 Å². The van der Waals surface area contributed by atoms with Crippen LogP contribution in [-0.2, 0) is 4.74 Å². The highest BCUT2D eigenvalue weighted by Gasteiger charge is 2.11. The highest BCUT2D eigenvalue weighted by Crippen LogP contribution is 2.33. The summed E-state index contributed by atoms with van der Waals surface area (Å²) < 4.78 is 15.5. The third kappa shape index (κ3) is 4.95. The molecule has 0 bridgehead atoms. The molecule has 0 fully saturated rings. The van der Waals surface area contributed by atoms with Crippen molar-refractivity contribution < 1.29 is 24.1 Å². The molecule has 2 aromatic carbocycles. The first-order valence-electron chi connectivity index (χ1n) is 7.86. The topological polar surface area (TPSA) is 77.0 Å². The quantitative estimate of drug-likeness (QED) is 0.766. The predicted molar refractivity (Wildman–Crippen MR) is 95.2 cm³/mol. The van der Waals surface area contributed by atoms with E-state index in [1.54, 1.807) is 26.4 Å². The first-order valence-corrected chi connectivity index (χ1v) is 7.86. The zero-order valence-corrected chi connectivity index (χ0v) is 14.6. The minimum absolute atomic E-state index is 0.137. The van der Waals surface area contributed by atoms with Gasteiger partial charge in [0.2, 0.25) is 0 Å². The first kappa shape index (κ1) is 18.8. The maximum absolute atomic E-state index is 12.1. The number of amides is 1. The summed E-state index contributed by atoms with van der Waals surface area (Å²) in [6.45, 7) is 0.312. The van der Waals surface area contributed by atoms with Crippen molar-refractivity contribution >= 4 is 5.91 Å². The SMILES string of the molecule is COC[C@H](O)CNC(=O)c1ccc(-c2cc(OC)ccc2OC)cc1. The van der Waals surface area contributed by atoms with E-state index in [9.17, 15) is 9.90 Å². The molecule has 25 heavy (non-hydrogen) atoms. The minimum atomic E-state index is -0.728. The molecule has 0 aliphatic carbocycles. The number of hydrogen-bond acceptors (Lipinski definition) is 5. The molecule has 134 valence electrons. The van der Waals surface area contributed by atoms with E-state index >= 15 is 0 Å². The van der Waals surface area contributed by atoms with Gasteiger partial charge in [-0.2, -0.15) is 0 Å². The van der Waals surface area contributed by atoms with Gasteiger partial charge in [0.1, 0.15) is 11.5 Å². The average Bonchev–Trinajstić information content (AvgIpc) is 2.66. The number of ether oxygens (including phenoxy) is 3. The number of nitrogens with one attached hydrogen (secondary N) is 1. The molecule has 2 aromatic rings. The molecule has 1 atom stereocenters. The summed E-state index contributed by atoms with van der Waals surface area (Å²) in [5.74, 6) is 1.20. The van der Waals surface area contributed by atoms with Gasteiger partial charge in [-0.3, -0.25) is 4.79 Å². The number of carbonyl (C=O) groups is 1. The van der Waals surface area contributed by atoms with Crippen molar-refractivity contribution in [1.82, 2.24) is 5.32 Å². The van der Waals surface area contributed by atoms with Crippen molar-refractivity contribution in [2.75, 3.05) is 34.5 Å². The number of rotatable bonds is 8. The molecule has 6 nitrogen and oxygen atoms in total. The van der Waals surface area contributed by atoms with Crippen molar-refractivity contribution in [3.8, 4) is 22.6 Å². The van der Waals surface area contributed by atoms with Crippen LogP contribution in [0.5, 0.6) is 11.5 Å². The van der Waals surface area contributed by atoms with E-state index < -0.39 is 6.10 Å². The smallest absolute Gasteiger partial charge is 0.251 e. The second-order valence-electron chi connectivity index (χ2n) is 5.46. The standard InChI is InChI=1S/C19H23NO5/c1-23-12-15(21)11-20-19(22)14-6-4-13(5-7-14)17-10-16(24-2)8-9-18(17)25-3/h4-10,15,21H,11-12H2,1-3H3,(H,20,22)/t15-/m1/s1. The maximum atomic E-state index is 12.1. The Balaban J connectivity index is 2.13. The Labute approximate surface area is 147 Å². The van der Waals surface area contributed by atoms with Crippen LogP contribution in [0.2, 0.25) is 0 Å². The van der Waals surface area contributed by atoms with Crippen LogP contribution < -0.4 is 14.8 Å². The monoisotopic (exact) mass is 345 g/mol. The van der Waals surface area contributed by atoms with E-state index in [-0.39, 0.29) is 19.1 Å². The molecule has 6 heteroatoms. The van der Waals surface area contributed by atoms with Crippen LogP contribution in [0.1, 0.15) is 10.4 Å². The van der Waals surface area contributed by atoms with Crippen LogP contribution in [0.3, 0.4) is 0 Å². The van der Waals surface area contributed by atoms with E-state index in [2.05, 4.69) is 5.32 Å². The van der Waals surface area contributed by atoms with Crippen LogP contribution in [-0.4, -0.2) is 51.6 Å². The molecule has 2 N–H and O–H groups in total. The highest BCUT2D eigenvalue weighted by molar-refractivity contribution is 5.94. The largest absolute Gasteiger partial charge is 0.497 e. The molecule has 0 saturated carbocycles. The molecule has 0 aromatic heterocycles. The van der Waals surface area contributed by atoms with Gasteiger partial charge in [0.05, 0.1) is 26.9 Å². The third-order valence-corrected chi connectivity index (χ3v) is 3.72. The Kier molecular flexibility index (Phi) is 6.80. The first-order chi connectivity index (χ1) is 12.1. The number of methoxy groups -OCH3 is 3. The molecule has 1 amide bonds. The van der Waals surface area contributed by atoms with Gasteiger partial charge in [0.25, 0.3) is 5.91 Å². The van der Waals surface area contributed by atoms with Crippen LogP contribution in [0.25, 0.3) is 11.1 Å². The van der Waals surface area contributed by atoms with Crippen LogP contribution in [0.15, 0.2) is 42.5 Å². The molecule has 0 aliphatic heterocycles. The number of benzene rings is 2. The van der Waals surface area contributed by atoms with E-state index in [1.807, 2.05) is 30.3 Å². The third-order valence-electron chi connectivity index (χ3n) is 3.72. The van der Waals surface area contributed by atoms with E-state index in [0.717, 1.165) is 22.6 Å². The number of hydrogen-bond donors (Lipinski definition) is 2. The van der Waals surface area contributed by atoms with Crippen LogP contribution >= 0.6 is 0 Å². The summed E-state index contributed by atoms with van der Waals surface area (Å²) in [6.07, 6.45) is -0.728. The lowest BCUT2D eigenvalue weighted by molar-refractivity contribution is 0.0610. The van der Waals surface area contributed by atoms with Crippen LogP contribution in [0.4, 0.5) is 0 Å². The zero-order valence-electron chi connectivity index (χ0n) is 14.6. The molecular weight excluding hydrogens is 322 g/mol. The summed E-state index contributed by atoms with van der Waals surface area (Å²) in [5.41, 5.74) is 2.30. The predicted octanol–water partition coefficient (Wildman–Crippen LogP) is 2.11. The fourth-order valence-electron chi connectivity index (χ4n) is 2.40. The molecule has 0 radical (unpaired) electrons. The number of carbonyl (C=O) groups excluding carboxylic acids is 1. The molecule has 0 heterocycles. The molecule has 0 unspecified atom stereocenters. The summed E-state index contributed by atoms with van der Waals surface area (Å²) in [4.78, 5) is 12.1.